The van der Waals surface area contributed by atoms with E-state index in [1.165, 1.54) is 0 Å². The summed E-state index contributed by atoms with van der Waals surface area (Å²) in [6.45, 7) is 0.455. The first-order valence-corrected chi connectivity index (χ1v) is 6.52. The quantitative estimate of drug-likeness (QED) is 0.870. The van der Waals surface area contributed by atoms with E-state index in [2.05, 4.69) is 10.1 Å². The van der Waals surface area contributed by atoms with E-state index in [4.69, 9.17) is 4.74 Å². The van der Waals surface area contributed by atoms with E-state index in [9.17, 15) is 18.4 Å². The van der Waals surface area contributed by atoms with Crippen LogP contribution in [0.5, 0.6) is 0 Å². The molecule has 1 heterocycles. The van der Waals surface area contributed by atoms with Gasteiger partial charge in [-0.05, 0) is 25.3 Å². The first kappa shape index (κ1) is 15.4. The number of methoxy groups -OCH3 is 1. The molecule has 7 heteroatoms. The van der Waals surface area contributed by atoms with Crippen LogP contribution >= 0.6 is 0 Å². The molecule has 0 spiro atoms. The molecule has 114 valence electrons. The highest BCUT2D eigenvalue weighted by atomic mass is 19.1. The zero-order valence-corrected chi connectivity index (χ0v) is 11.4. The van der Waals surface area contributed by atoms with Crippen molar-refractivity contribution in [2.24, 2.45) is 0 Å². The van der Waals surface area contributed by atoms with Gasteiger partial charge in [0.15, 0.2) is 5.82 Å². The van der Waals surface area contributed by atoms with Gasteiger partial charge in [0.05, 0.1) is 12.8 Å². The summed E-state index contributed by atoms with van der Waals surface area (Å²) in [6, 6.07) is 1.52. The minimum absolute atomic E-state index is 0.408. The number of ether oxygens (including phenoxy) is 2. The lowest BCUT2D eigenvalue weighted by Crippen LogP contribution is -2.33. The minimum Gasteiger partial charge on any atom is -0.465 e. The zero-order chi connectivity index (χ0) is 15.4. The van der Waals surface area contributed by atoms with Gasteiger partial charge >= 0.3 is 5.97 Å². The first-order valence-electron chi connectivity index (χ1n) is 6.52. The lowest BCUT2D eigenvalue weighted by Gasteiger charge is -2.22. The summed E-state index contributed by atoms with van der Waals surface area (Å²) in [5, 5.41) is 2.25. The minimum atomic E-state index is -1.03. The van der Waals surface area contributed by atoms with E-state index >= 15 is 0 Å². The lowest BCUT2D eigenvalue weighted by atomic mass is 10.1. The van der Waals surface area contributed by atoms with Crippen molar-refractivity contribution in [1.29, 1.82) is 0 Å². The Morgan fingerprint density at radius 1 is 1.33 bits per heavy atom. The molecule has 1 aliphatic heterocycles. The van der Waals surface area contributed by atoms with Crippen LogP contribution in [0.1, 0.15) is 29.6 Å². The van der Waals surface area contributed by atoms with Crippen molar-refractivity contribution in [3.63, 3.8) is 0 Å². The maximum absolute atomic E-state index is 14.1. The number of carbonyl (C=O) groups is 2. The van der Waals surface area contributed by atoms with Crippen molar-refractivity contribution in [3.8, 4) is 0 Å². The average molecular weight is 299 g/mol. The zero-order valence-electron chi connectivity index (χ0n) is 11.4. The Balaban J connectivity index is 2.21. The van der Waals surface area contributed by atoms with Gasteiger partial charge in [0, 0.05) is 12.7 Å². The van der Waals surface area contributed by atoms with Crippen LogP contribution in [0.25, 0.3) is 0 Å². The number of anilines is 1. The molecule has 0 saturated carbocycles. The fraction of sp³-hybridized carbons (Fsp3) is 0.429. The van der Waals surface area contributed by atoms with Crippen LogP contribution < -0.4 is 5.32 Å². The van der Waals surface area contributed by atoms with Gasteiger partial charge in [-0.15, -0.1) is 0 Å². The fourth-order valence-corrected chi connectivity index (χ4v) is 2.10. The SMILES string of the molecule is COC(=O)c1cc(F)cc(NC(=O)C2CCCCO2)c1F. The van der Waals surface area contributed by atoms with Crippen LogP contribution in [0.15, 0.2) is 12.1 Å². The van der Waals surface area contributed by atoms with Gasteiger partial charge in [-0.1, -0.05) is 0 Å². The van der Waals surface area contributed by atoms with Crippen molar-refractivity contribution in [1.82, 2.24) is 0 Å². The summed E-state index contributed by atoms with van der Waals surface area (Å²) in [5.74, 6) is -3.46. The van der Waals surface area contributed by atoms with Crippen molar-refractivity contribution in [2.45, 2.75) is 25.4 Å². The summed E-state index contributed by atoms with van der Waals surface area (Å²) >= 11 is 0. The maximum atomic E-state index is 14.1. The van der Waals surface area contributed by atoms with Crippen LogP contribution in [0, 0.1) is 11.6 Å². The number of carbonyl (C=O) groups excluding carboxylic acids is 2. The fourth-order valence-electron chi connectivity index (χ4n) is 2.10. The molecule has 1 atom stereocenters. The molecule has 0 aromatic heterocycles. The topological polar surface area (TPSA) is 64.6 Å². The van der Waals surface area contributed by atoms with Crippen LogP contribution in [-0.2, 0) is 14.3 Å². The molecule has 0 bridgehead atoms. The highest BCUT2D eigenvalue weighted by Crippen LogP contribution is 2.22. The van der Waals surface area contributed by atoms with Gasteiger partial charge in [0.2, 0.25) is 0 Å². The lowest BCUT2D eigenvalue weighted by molar-refractivity contribution is -0.130. The van der Waals surface area contributed by atoms with E-state index < -0.39 is 40.9 Å². The molecule has 1 amide bonds. The molecule has 5 nitrogen and oxygen atoms in total. The second kappa shape index (κ2) is 6.62. The maximum Gasteiger partial charge on any atom is 0.341 e. The molecule has 1 saturated heterocycles. The Morgan fingerprint density at radius 2 is 2.10 bits per heavy atom. The van der Waals surface area contributed by atoms with E-state index in [1.807, 2.05) is 0 Å². The molecule has 1 aromatic carbocycles. The number of hydrogen-bond acceptors (Lipinski definition) is 4. The Labute approximate surface area is 120 Å². The van der Waals surface area contributed by atoms with Crippen molar-refractivity contribution in [2.75, 3.05) is 19.0 Å². The number of halogens is 2. The van der Waals surface area contributed by atoms with E-state index in [-0.39, 0.29) is 0 Å². The summed E-state index contributed by atoms with van der Waals surface area (Å²) in [7, 11) is 1.06. The third-order valence-corrected chi connectivity index (χ3v) is 3.17. The molecule has 1 N–H and O–H groups in total. The summed E-state index contributed by atoms with van der Waals surface area (Å²) in [5.41, 5.74) is -0.980. The normalized spacial score (nSPS) is 18.1. The molecule has 1 aromatic rings. The van der Waals surface area contributed by atoms with E-state index in [0.29, 0.717) is 19.1 Å². The van der Waals surface area contributed by atoms with E-state index in [0.717, 1.165) is 26.0 Å². The smallest absolute Gasteiger partial charge is 0.341 e. The largest absolute Gasteiger partial charge is 0.465 e. The summed E-state index contributed by atoms with van der Waals surface area (Å²) in [4.78, 5) is 23.3. The molecule has 1 fully saturated rings. The molecule has 1 unspecified atom stereocenters. The van der Waals surface area contributed by atoms with Gasteiger partial charge in [-0.2, -0.15) is 0 Å². The summed E-state index contributed by atoms with van der Waals surface area (Å²) in [6.07, 6.45) is 1.52. The monoisotopic (exact) mass is 299 g/mol. The molecule has 21 heavy (non-hydrogen) atoms. The van der Waals surface area contributed by atoms with Gasteiger partial charge < -0.3 is 14.8 Å². The number of rotatable bonds is 3. The predicted molar refractivity (Wildman–Crippen MR) is 69.9 cm³/mol. The Bertz CT molecular complexity index is 556. The van der Waals surface area contributed by atoms with Crippen LogP contribution in [0.2, 0.25) is 0 Å². The predicted octanol–water partition coefficient (Wildman–Crippen LogP) is 2.26. The second-order valence-electron chi connectivity index (χ2n) is 4.65. The van der Waals surface area contributed by atoms with Crippen molar-refractivity contribution in [3.05, 3.63) is 29.3 Å². The molecule has 0 radical (unpaired) electrons. The van der Waals surface area contributed by atoms with Gasteiger partial charge in [-0.3, -0.25) is 4.79 Å². The highest BCUT2D eigenvalue weighted by Gasteiger charge is 2.25. The average Bonchev–Trinajstić information content (AvgIpc) is 2.50. The molecule has 1 aliphatic rings. The molecule has 2 rings (SSSR count). The van der Waals surface area contributed by atoms with Crippen LogP contribution in [-0.4, -0.2) is 31.7 Å². The number of hydrogen-bond donors (Lipinski definition) is 1. The van der Waals surface area contributed by atoms with Crippen LogP contribution in [0.4, 0.5) is 14.5 Å². The Hall–Kier alpha value is -2.02. The highest BCUT2D eigenvalue weighted by molar-refractivity contribution is 5.97. The van der Waals surface area contributed by atoms with Gasteiger partial charge in [0.25, 0.3) is 5.91 Å². The Kier molecular flexibility index (Phi) is 4.85. The van der Waals surface area contributed by atoms with E-state index in [1.54, 1.807) is 0 Å². The van der Waals surface area contributed by atoms with Gasteiger partial charge in [0.1, 0.15) is 17.5 Å². The number of nitrogens with one attached hydrogen (secondary N) is 1. The summed E-state index contributed by atoms with van der Waals surface area (Å²) < 4.78 is 37.2. The molecular weight excluding hydrogens is 284 g/mol. The standard InChI is InChI=1S/C14H15F2NO4/c1-20-14(19)9-6-8(15)7-10(12(9)16)17-13(18)11-4-2-3-5-21-11/h6-7,11H,2-5H2,1H3,(H,17,18). The third-order valence-electron chi connectivity index (χ3n) is 3.17. The first-order chi connectivity index (χ1) is 10.0. The third kappa shape index (κ3) is 3.55. The number of esters is 1. The molecule has 0 aliphatic carbocycles. The van der Waals surface area contributed by atoms with Crippen molar-refractivity contribution < 1.29 is 27.8 Å². The van der Waals surface area contributed by atoms with Gasteiger partial charge in [-0.25, -0.2) is 13.6 Å². The number of benzene rings is 1. The second-order valence-corrected chi connectivity index (χ2v) is 4.65. The van der Waals surface area contributed by atoms with Crippen LogP contribution in [0.3, 0.4) is 0 Å². The number of amides is 1. The van der Waals surface area contributed by atoms with Crippen molar-refractivity contribution >= 4 is 17.6 Å². The molecular formula is C14H15F2NO4. The Morgan fingerprint density at radius 3 is 2.71 bits per heavy atom.